The first kappa shape index (κ1) is 18.1. The van der Waals surface area contributed by atoms with Crippen LogP contribution in [0.1, 0.15) is 37.4 Å². The predicted molar refractivity (Wildman–Crippen MR) is 104 cm³/mol. The number of amides is 2. The Balaban J connectivity index is 1.83. The van der Waals surface area contributed by atoms with Gasteiger partial charge in [0.05, 0.1) is 0 Å². The zero-order valence-electron chi connectivity index (χ0n) is 15.3. The van der Waals surface area contributed by atoms with Gasteiger partial charge >= 0.3 is 0 Å². The van der Waals surface area contributed by atoms with Crippen LogP contribution in [0.15, 0.2) is 48.5 Å². The average molecular weight is 351 g/mol. The maximum Gasteiger partial charge on any atom is 0.246 e. The third kappa shape index (κ3) is 3.94. The van der Waals surface area contributed by atoms with E-state index in [1.807, 2.05) is 48.5 Å². The van der Waals surface area contributed by atoms with E-state index in [4.69, 9.17) is 0 Å². The van der Waals surface area contributed by atoms with E-state index < -0.39 is 0 Å². The highest BCUT2D eigenvalue weighted by molar-refractivity contribution is 5.97. The molecular weight excluding hydrogens is 326 g/mol. The molecule has 0 spiro atoms. The predicted octanol–water partition coefficient (Wildman–Crippen LogP) is 3.59. The molecule has 0 aliphatic carbocycles. The van der Waals surface area contributed by atoms with Crippen molar-refractivity contribution in [3.05, 3.63) is 59.7 Å². The first-order valence-electron chi connectivity index (χ1n) is 9.15. The first-order valence-corrected chi connectivity index (χ1v) is 9.15. The molecule has 3 rings (SSSR count). The topological polar surface area (TPSA) is 61.4 Å². The van der Waals surface area contributed by atoms with Crippen molar-refractivity contribution >= 4 is 23.2 Å². The van der Waals surface area contributed by atoms with Crippen LogP contribution in [0.3, 0.4) is 0 Å². The Labute approximate surface area is 154 Å². The fraction of sp³-hybridized carbons (Fsp3) is 0.333. The van der Waals surface area contributed by atoms with Crippen LogP contribution in [0, 0.1) is 0 Å². The summed E-state index contributed by atoms with van der Waals surface area (Å²) in [7, 11) is 0. The number of benzene rings is 2. The normalized spacial score (nSPS) is 14.5. The van der Waals surface area contributed by atoms with Crippen molar-refractivity contribution in [2.24, 2.45) is 0 Å². The molecule has 5 heteroatoms. The Bertz CT molecular complexity index is 785. The van der Waals surface area contributed by atoms with Crippen molar-refractivity contribution in [2.75, 3.05) is 23.7 Å². The number of hydrogen-bond acceptors (Lipinski definition) is 3. The Hall–Kier alpha value is -2.66. The number of rotatable bonds is 6. The summed E-state index contributed by atoms with van der Waals surface area (Å²) in [5.74, 6) is -0.000319. The summed E-state index contributed by atoms with van der Waals surface area (Å²) >= 11 is 0. The van der Waals surface area contributed by atoms with Gasteiger partial charge in [-0.3, -0.25) is 14.5 Å². The van der Waals surface area contributed by atoms with Gasteiger partial charge in [-0.2, -0.15) is 0 Å². The summed E-state index contributed by atoms with van der Waals surface area (Å²) in [6.07, 6.45) is 1.18. The number of fused-ring (bicyclic) bond motifs is 1. The Morgan fingerprint density at radius 1 is 1.12 bits per heavy atom. The van der Waals surface area contributed by atoms with Gasteiger partial charge in [-0.05, 0) is 48.8 Å². The maximum atomic E-state index is 13.1. The van der Waals surface area contributed by atoms with Gasteiger partial charge in [0.1, 0.15) is 6.04 Å². The van der Waals surface area contributed by atoms with E-state index in [1.165, 1.54) is 0 Å². The number of hydrogen-bond donors (Lipinski definition) is 2. The van der Waals surface area contributed by atoms with Crippen LogP contribution in [0.5, 0.6) is 0 Å². The third-order valence-electron chi connectivity index (χ3n) is 4.81. The lowest BCUT2D eigenvalue weighted by atomic mass is 10.0. The van der Waals surface area contributed by atoms with Crippen molar-refractivity contribution in [2.45, 2.75) is 32.7 Å². The summed E-state index contributed by atoms with van der Waals surface area (Å²) in [5.41, 5.74) is 3.64. The highest BCUT2D eigenvalue weighted by Crippen LogP contribution is 2.27. The van der Waals surface area contributed by atoms with Crippen LogP contribution in [-0.2, 0) is 16.0 Å². The molecule has 2 amide bonds. The molecule has 1 atom stereocenters. The van der Waals surface area contributed by atoms with Crippen molar-refractivity contribution in [1.29, 1.82) is 0 Å². The van der Waals surface area contributed by atoms with E-state index in [9.17, 15) is 9.59 Å². The fourth-order valence-electron chi connectivity index (χ4n) is 3.42. The molecular formula is C21H25N3O2. The molecule has 0 saturated heterocycles. The number of carbonyl (C=O) groups is 2. The standard InChI is InChI=1S/C21H25N3O2/c1-3-24(4-2)20(15-8-6-5-7-9-15)21(26)22-17-11-12-18-16(14-17)10-13-19(25)23-18/h5-9,11-12,14,20H,3-4,10,13H2,1-2H3,(H,22,26)(H,23,25)/t20-/m0/s1. The largest absolute Gasteiger partial charge is 0.326 e. The molecule has 2 N–H and O–H groups in total. The van der Waals surface area contributed by atoms with Crippen LogP contribution in [0.25, 0.3) is 0 Å². The molecule has 0 radical (unpaired) electrons. The molecule has 0 unspecified atom stereocenters. The second kappa shape index (κ2) is 8.15. The zero-order valence-corrected chi connectivity index (χ0v) is 15.3. The van der Waals surface area contributed by atoms with Crippen LogP contribution in [0.4, 0.5) is 11.4 Å². The zero-order chi connectivity index (χ0) is 18.5. The smallest absolute Gasteiger partial charge is 0.246 e. The molecule has 0 bridgehead atoms. The third-order valence-corrected chi connectivity index (χ3v) is 4.81. The summed E-state index contributed by atoms with van der Waals surface area (Å²) in [5, 5.41) is 5.92. The summed E-state index contributed by atoms with van der Waals surface area (Å²) in [6.45, 7) is 5.71. The van der Waals surface area contributed by atoms with Gasteiger partial charge in [-0.25, -0.2) is 0 Å². The number of nitrogens with zero attached hydrogens (tertiary/aromatic N) is 1. The maximum absolute atomic E-state index is 13.1. The Morgan fingerprint density at radius 3 is 2.54 bits per heavy atom. The molecule has 2 aromatic carbocycles. The number of likely N-dealkylation sites (N-methyl/N-ethyl adjacent to an activating group) is 1. The van der Waals surface area contributed by atoms with E-state index in [1.54, 1.807) is 0 Å². The van der Waals surface area contributed by atoms with Gasteiger partial charge in [0, 0.05) is 17.8 Å². The minimum absolute atomic E-state index is 0.0416. The average Bonchev–Trinajstić information content (AvgIpc) is 2.66. The SMILES string of the molecule is CCN(CC)[C@H](C(=O)Nc1ccc2c(c1)CCC(=O)N2)c1ccccc1. The molecule has 0 fully saturated rings. The fourth-order valence-corrected chi connectivity index (χ4v) is 3.42. The number of carbonyl (C=O) groups excluding carboxylic acids is 2. The van der Waals surface area contributed by atoms with E-state index >= 15 is 0 Å². The van der Waals surface area contributed by atoms with E-state index in [-0.39, 0.29) is 17.9 Å². The first-order chi connectivity index (χ1) is 12.6. The minimum atomic E-state index is -0.332. The van der Waals surface area contributed by atoms with Gasteiger partial charge in [0.2, 0.25) is 11.8 Å². The van der Waals surface area contributed by atoms with Crippen molar-refractivity contribution in [3.8, 4) is 0 Å². The summed E-state index contributed by atoms with van der Waals surface area (Å²) in [6, 6.07) is 15.2. The van der Waals surface area contributed by atoms with E-state index in [0.717, 1.165) is 35.6 Å². The molecule has 5 nitrogen and oxygen atoms in total. The highest BCUT2D eigenvalue weighted by Gasteiger charge is 2.26. The summed E-state index contributed by atoms with van der Waals surface area (Å²) < 4.78 is 0. The van der Waals surface area contributed by atoms with Crippen LogP contribution < -0.4 is 10.6 Å². The van der Waals surface area contributed by atoms with Gasteiger partial charge in [-0.15, -0.1) is 0 Å². The Kier molecular flexibility index (Phi) is 5.68. The van der Waals surface area contributed by atoms with Gasteiger partial charge < -0.3 is 10.6 Å². The lowest BCUT2D eigenvalue weighted by Gasteiger charge is -2.29. The van der Waals surface area contributed by atoms with Gasteiger partial charge in [0.25, 0.3) is 0 Å². The van der Waals surface area contributed by atoms with Crippen LogP contribution in [-0.4, -0.2) is 29.8 Å². The van der Waals surface area contributed by atoms with Crippen molar-refractivity contribution in [3.63, 3.8) is 0 Å². The highest BCUT2D eigenvalue weighted by atomic mass is 16.2. The molecule has 1 heterocycles. The molecule has 26 heavy (non-hydrogen) atoms. The van der Waals surface area contributed by atoms with Gasteiger partial charge in [-0.1, -0.05) is 44.2 Å². The monoisotopic (exact) mass is 351 g/mol. The lowest BCUT2D eigenvalue weighted by Crippen LogP contribution is -2.37. The number of aryl methyl sites for hydroxylation is 1. The van der Waals surface area contributed by atoms with Crippen LogP contribution in [0.2, 0.25) is 0 Å². The second-order valence-corrected chi connectivity index (χ2v) is 6.44. The molecule has 0 saturated carbocycles. The second-order valence-electron chi connectivity index (χ2n) is 6.44. The van der Waals surface area contributed by atoms with Crippen molar-refractivity contribution in [1.82, 2.24) is 4.90 Å². The lowest BCUT2D eigenvalue weighted by molar-refractivity contribution is -0.121. The van der Waals surface area contributed by atoms with Crippen LogP contribution >= 0.6 is 0 Å². The molecule has 0 aromatic heterocycles. The van der Waals surface area contributed by atoms with Crippen molar-refractivity contribution < 1.29 is 9.59 Å². The van der Waals surface area contributed by atoms with E-state index in [2.05, 4.69) is 29.4 Å². The molecule has 136 valence electrons. The molecule has 1 aliphatic rings. The number of anilines is 2. The number of nitrogens with one attached hydrogen (secondary N) is 2. The molecule has 2 aromatic rings. The van der Waals surface area contributed by atoms with Gasteiger partial charge in [0.15, 0.2) is 0 Å². The Morgan fingerprint density at radius 2 is 1.85 bits per heavy atom. The molecule has 1 aliphatic heterocycles. The van der Waals surface area contributed by atoms with E-state index in [0.29, 0.717) is 12.8 Å². The minimum Gasteiger partial charge on any atom is -0.326 e. The quantitative estimate of drug-likeness (QED) is 0.836. The summed E-state index contributed by atoms with van der Waals surface area (Å²) in [4.78, 5) is 26.7.